The highest BCUT2D eigenvalue weighted by Crippen LogP contribution is 2.12. The maximum Gasteiger partial charge on any atom is 0.405 e. The van der Waals surface area contributed by atoms with Crippen molar-refractivity contribution >= 4 is 6.03 Å². The molecular formula is C10H20F3N3O. The second kappa shape index (κ2) is 6.68. The molecule has 102 valence electrons. The van der Waals surface area contributed by atoms with E-state index in [1.807, 2.05) is 13.8 Å². The number of hydrogen-bond acceptors (Lipinski definition) is 2. The van der Waals surface area contributed by atoms with E-state index >= 15 is 0 Å². The molecule has 0 spiro atoms. The fourth-order valence-electron chi connectivity index (χ4n) is 1.09. The van der Waals surface area contributed by atoms with Gasteiger partial charge in [0.25, 0.3) is 0 Å². The lowest BCUT2D eigenvalue weighted by molar-refractivity contribution is -0.123. The molecular weight excluding hydrogens is 235 g/mol. The van der Waals surface area contributed by atoms with Gasteiger partial charge in [-0.3, -0.25) is 0 Å². The molecule has 7 heteroatoms. The number of nitrogens with one attached hydrogen (secondary N) is 1. The molecule has 0 aromatic carbocycles. The van der Waals surface area contributed by atoms with Gasteiger partial charge in [0, 0.05) is 19.6 Å². The van der Waals surface area contributed by atoms with Crippen LogP contribution in [0.5, 0.6) is 0 Å². The minimum Gasteiger partial charge on any atom is -0.329 e. The van der Waals surface area contributed by atoms with Crippen LogP contribution < -0.4 is 11.1 Å². The van der Waals surface area contributed by atoms with Gasteiger partial charge in [-0.05, 0) is 12.3 Å². The van der Waals surface area contributed by atoms with Crippen LogP contribution in [0.2, 0.25) is 0 Å². The lowest BCUT2D eigenvalue weighted by Gasteiger charge is -2.22. The fraction of sp³-hybridized carbons (Fsp3) is 0.900. The lowest BCUT2D eigenvalue weighted by atomic mass is 10.0. The smallest absolute Gasteiger partial charge is 0.329 e. The van der Waals surface area contributed by atoms with Gasteiger partial charge < -0.3 is 16.0 Å². The molecule has 0 rings (SSSR count). The van der Waals surface area contributed by atoms with Gasteiger partial charge in [0.05, 0.1) is 0 Å². The molecule has 0 aliphatic carbocycles. The zero-order valence-electron chi connectivity index (χ0n) is 10.3. The maximum atomic E-state index is 11.8. The van der Waals surface area contributed by atoms with Gasteiger partial charge in [-0.1, -0.05) is 13.8 Å². The molecule has 0 heterocycles. The van der Waals surface area contributed by atoms with Gasteiger partial charge in [0.15, 0.2) is 0 Å². The lowest BCUT2D eigenvalue weighted by Crippen LogP contribution is -2.43. The second-order valence-corrected chi connectivity index (χ2v) is 4.39. The van der Waals surface area contributed by atoms with Crippen molar-refractivity contribution in [3.63, 3.8) is 0 Å². The number of carbonyl (C=O) groups excluding carboxylic acids is 1. The number of nitrogens with two attached hydrogens (primary N) is 1. The van der Waals surface area contributed by atoms with Crippen molar-refractivity contribution < 1.29 is 18.0 Å². The molecule has 0 fully saturated rings. The zero-order valence-corrected chi connectivity index (χ0v) is 10.3. The Balaban J connectivity index is 3.90. The fourth-order valence-corrected chi connectivity index (χ4v) is 1.09. The second-order valence-electron chi connectivity index (χ2n) is 4.39. The van der Waals surface area contributed by atoms with Crippen molar-refractivity contribution in [3.8, 4) is 0 Å². The van der Waals surface area contributed by atoms with Gasteiger partial charge in [0.1, 0.15) is 6.54 Å². The Morgan fingerprint density at radius 2 is 1.94 bits per heavy atom. The van der Waals surface area contributed by atoms with Gasteiger partial charge >= 0.3 is 12.2 Å². The standard InChI is InChI=1S/C10H20F3N3O/c1-7(2)8(14)4-5-16(3)9(17)15-6-10(11,12)13/h7-8H,4-6,14H2,1-3H3,(H,15,17). The third-order valence-electron chi connectivity index (χ3n) is 2.44. The van der Waals surface area contributed by atoms with Gasteiger partial charge in [-0.25, -0.2) is 4.79 Å². The number of rotatable bonds is 5. The van der Waals surface area contributed by atoms with E-state index in [-0.39, 0.29) is 12.0 Å². The van der Waals surface area contributed by atoms with Crippen LogP contribution in [0.3, 0.4) is 0 Å². The number of urea groups is 1. The van der Waals surface area contributed by atoms with Crippen molar-refractivity contribution in [2.24, 2.45) is 11.7 Å². The highest BCUT2D eigenvalue weighted by molar-refractivity contribution is 5.73. The molecule has 4 nitrogen and oxygen atoms in total. The molecule has 17 heavy (non-hydrogen) atoms. The number of halogens is 3. The summed E-state index contributed by atoms with van der Waals surface area (Å²) in [5, 5.41) is 1.80. The van der Waals surface area contributed by atoms with Crippen LogP contribution in [0.15, 0.2) is 0 Å². The molecule has 3 N–H and O–H groups in total. The van der Waals surface area contributed by atoms with E-state index in [1.165, 1.54) is 11.9 Å². The van der Waals surface area contributed by atoms with Crippen molar-refractivity contribution in [2.75, 3.05) is 20.1 Å². The first-order valence-corrected chi connectivity index (χ1v) is 5.44. The van der Waals surface area contributed by atoms with E-state index in [9.17, 15) is 18.0 Å². The molecule has 0 bridgehead atoms. The van der Waals surface area contributed by atoms with Gasteiger partial charge in [-0.15, -0.1) is 0 Å². The monoisotopic (exact) mass is 255 g/mol. The van der Waals surface area contributed by atoms with E-state index in [0.29, 0.717) is 13.0 Å². The molecule has 1 atom stereocenters. The molecule has 0 saturated heterocycles. The summed E-state index contributed by atoms with van der Waals surface area (Å²) in [5.74, 6) is 0.279. The number of carbonyl (C=O) groups is 1. The van der Waals surface area contributed by atoms with Crippen LogP contribution in [0.1, 0.15) is 20.3 Å². The largest absolute Gasteiger partial charge is 0.405 e. The average molecular weight is 255 g/mol. The SMILES string of the molecule is CC(C)C(N)CCN(C)C(=O)NCC(F)(F)F. The first-order valence-electron chi connectivity index (χ1n) is 5.44. The van der Waals surface area contributed by atoms with Crippen molar-refractivity contribution in [3.05, 3.63) is 0 Å². The van der Waals surface area contributed by atoms with E-state index in [2.05, 4.69) is 0 Å². The van der Waals surface area contributed by atoms with Crippen LogP contribution in [0, 0.1) is 5.92 Å². The first kappa shape index (κ1) is 16.0. The summed E-state index contributed by atoms with van der Waals surface area (Å²) in [6.45, 7) is 2.93. The minimum atomic E-state index is -4.38. The molecule has 0 aromatic rings. The maximum absolute atomic E-state index is 11.8. The molecule has 0 aromatic heterocycles. The van der Waals surface area contributed by atoms with Crippen LogP contribution in [0.25, 0.3) is 0 Å². The van der Waals surface area contributed by atoms with Crippen molar-refractivity contribution in [1.29, 1.82) is 0 Å². The number of alkyl halides is 3. The third kappa shape index (κ3) is 7.84. The highest BCUT2D eigenvalue weighted by atomic mass is 19.4. The number of nitrogens with zero attached hydrogens (tertiary/aromatic N) is 1. The average Bonchev–Trinajstić information content (AvgIpc) is 2.20. The Bertz CT molecular complexity index is 243. The molecule has 0 aliphatic heterocycles. The number of hydrogen-bond donors (Lipinski definition) is 2. The molecule has 0 aliphatic rings. The summed E-state index contributed by atoms with van der Waals surface area (Å²) in [6, 6.07) is -0.800. The Morgan fingerprint density at radius 1 is 1.41 bits per heavy atom. The molecule has 2 amide bonds. The first-order chi connectivity index (χ1) is 7.63. The third-order valence-corrected chi connectivity index (χ3v) is 2.44. The van der Waals surface area contributed by atoms with E-state index in [4.69, 9.17) is 5.73 Å². The summed E-state index contributed by atoms with van der Waals surface area (Å²) in [4.78, 5) is 12.4. The van der Waals surface area contributed by atoms with Crippen molar-refractivity contribution in [1.82, 2.24) is 10.2 Å². The summed E-state index contributed by atoms with van der Waals surface area (Å²) in [6.07, 6.45) is -3.82. The Hall–Kier alpha value is -0.980. The minimum absolute atomic E-state index is 0.0622. The Morgan fingerprint density at radius 3 is 2.35 bits per heavy atom. The zero-order chi connectivity index (χ0) is 13.6. The van der Waals surface area contributed by atoms with Crippen LogP contribution in [-0.4, -0.2) is 43.3 Å². The normalized spacial score (nSPS) is 13.6. The summed E-state index contributed by atoms with van der Waals surface area (Å²) >= 11 is 0. The Labute approximate surface area is 99.3 Å². The van der Waals surface area contributed by atoms with Crippen molar-refractivity contribution in [2.45, 2.75) is 32.5 Å². The summed E-state index contributed by atoms with van der Waals surface area (Å²) in [5.41, 5.74) is 5.77. The van der Waals surface area contributed by atoms with Gasteiger partial charge in [0.2, 0.25) is 0 Å². The number of amides is 2. The van der Waals surface area contributed by atoms with E-state index in [0.717, 1.165) is 0 Å². The predicted molar refractivity (Wildman–Crippen MR) is 59.5 cm³/mol. The quantitative estimate of drug-likeness (QED) is 0.783. The summed E-state index contributed by atoms with van der Waals surface area (Å²) < 4.78 is 35.5. The molecule has 0 radical (unpaired) electrons. The van der Waals surface area contributed by atoms with Crippen LogP contribution >= 0.6 is 0 Å². The van der Waals surface area contributed by atoms with Gasteiger partial charge in [-0.2, -0.15) is 13.2 Å². The summed E-state index contributed by atoms with van der Waals surface area (Å²) in [7, 11) is 1.44. The Kier molecular flexibility index (Phi) is 6.30. The van der Waals surface area contributed by atoms with Crippen LogP contribution in [0.4, 0.5) is 18.0 Å². The molecule has 1 unspecified atom stereocenters. The highest BCUT2D eigenvalue weighted by Gasteiger charge is 2.28. The van der Waals surface area contributed by atoms with Crippen LogP contribution in [-0.2, 0) is 0 Å². The van der Waals surface area contributed by atoms with E-state index < -0.39 is 18.8 Å². The molecule has 0 saturated carbocycles. The van der Waals surface area contributed by atoms with E-state index in [1.54, 1.807) is 5.32 Å². The topological polar surface area (TPSA) is 58.4 Å². The predicted octanol–water partition coefficient (Wildman–Crippen LogP) is 1.56.